The van der Waals surface area contributed by atoms with E-state index in [0.29, 0.717) is 18.2 Å². The third-order valence-electron chi connectivity index (χ3n) is 5.16. The number of hydrogen-bond acceptors (Lipinski definition) is 5. The van der Waals surface area contributed by atoms with Gasteiger partial charge in [-0.05, 0) is 49.4 Å². The number of aromatic nitrogens is 2. The zero-order valence-corrected chi connectivity index (χ0v) is 16.3. The highest BCUT2D eigenvalue weighted by molar-refractivity contribution is 8.00. The lowest BCUT2D eigenvalue weighted by Gasteiger charge is -2.20. The van der Waals surface area contributed by atoms with E-state index in [-0.39, 0.29) is 5.91 Å². The van der Waals surface area contributed by atoms with E-state index < -0.39 is 6.10 Å². The molecule has 0 unspecified atom stereocenters. The van der Waals surface area contributed by atoms with Crippen LogP contribution >= 0.6 is 11.8 Å². The SMILES string of the molecule is COc1cccc(SCC(=O)N2CCCn3nc([C@H](O)C4CC4)cc3C2)c1. The maximum Gasteiger partial charge on any atom is 0.233 e. The van der Waals surface area contributed by atoms with Gasteiger partial charge in [0.05, 0.1) is 30.8 Å². The number of rotatable bonds is 6. The number of carbonyl (C=O) groups excluding carboxylic acids is 1. The van der Waals surface area contributed by atoms with Gasteiger partial charge in [0.2, 0.25) is 5.91 Å². The highest BCUT2D eigenvalue weighted by Crippen LogP contribution is 2.40. The van der Waals surface area contributed by atoms with Crippen LogP contribution in [0.5, 0.6) is 5.75 Å². The van der Waals surface area contributed by atoms with Crippen molar-refractivity contribution in [2.45, 2.75) is 43.4 Å². The number of aliphatic hydroxyl groups excluding tert-OH is 1. The van der Waals surface area contributed by atoms with Gasteiger partial charge in [0, 0.05) is 18.0 Å². The van der Waals surface area contributed by atoms with Gasteiger partial charge in [0.25, 0.3) is 0 Å². The van der Waals surface area contributed by atoms with Crippen LogP contribution < -0.4 is 4.74 Å². The number of aryl methyl sites for hydroxylation is 1. The van der Waals surface area contributed by atoms with Crippen molar-refractivity contribution in [3.8, 4) is 5.75 Å². The minimum Gasteiger partial charge on any atom is -0.497 e. The van der Waals surface area contributed by atoms with E-state index in [1.54, 1.807) is 7.11 Å². The predicted molar refractivity (Wildman–Crippen MR) is 104 cm³/mol. The van der Waals surface area contributed by atoms with Gasteiger partial charge in [-0.25, -0.2) is 0 Å². The van der Waals surface area contributed by atoms with Gasteiger partial charge >= 0.3 is 0 Å². The van der Waals surface area contributed by atoms with Gasteiger partial charge in [0.1, 0.15) is 11.9 Å². The first-order chi connectivity index (χ1) is 13.1. The van der Waals surface area contributed by atoms with Crippen molar-refractivity contribution >= 4 is 17.7 Å². The van der Waals surface area contributed by atoms with Crippen molar-refractivity contribution in [1.82, 2.24) is 14.7 Å². The molecule has 1 saturated carbocycles. The predicted octanol–water partition coefficient (Wildman–Crippen LogP) is 2.86. The van der Waals surface area contributed by atoms with Crippen LogP contribution in [0.15, 0.2) is 35.2 Å². The number of nitrogens with zero attached hydrogens (tertiary/aromatic N) is 3. The van der Waals surface area contributed by atoms with E-state index >= 15 is 0 Å². The molecule has 1 atom stereocenters. The molecule has 1 aliphatic heterocycles. The lowest BCUT2D eigenvalue weighted by molar-refractivity contribution is -0.128. The number of ether oxygens (including phenoxy) is 1. The Morgan fingerprint density at radius 3 is 3.00 bits per heavy atom. The van der Waals surface area contributed by atoms with Gasteiger partial charge in [-0.3, -0.25) is 9.48 Å². The van der Waals surface area contributed by atoms with Crippen LogP contribution in [0.4, 0.5) is 0 Å². The van der Waals surface area contributed by atoms with Crippen LogP contribution in [0.3, 0.4) is 0 Å². The summed E-state index contributed by atoms with van der Waals surface area (Å²) in [6, 6.07) is 9.74. The van der Waals surface area contributed by atoms with Gasteiger partial charge in [0.15, 0.2) is 0 Å². The Morgan fingerprint density at radius 1 is 1.37 bits per heavy atom. The molecule has 6 nitrogen and oxygen atoms in total. The Bertz CT molecular complexity index is 819. The number of benzene rings is 1. The molecule has 0 saturated heterocycles. The molecule has 1 amide bonds. The van der Waals surface area contributed by atoms with E-state index in [1.807, 2.05) is 39.9 Å². The summed E-state index contributed by atoms with van der Waals surface area (Å²) in [6.45, 7) is 2.09. The second kappa shape index (κ2) is 7.94. The minimum atomic E-state index is -0.461. The summed E-state index contributed by atoms with van der Waals surface area (Å²) >= 11 is 1.53. The molecule has 1 aromatic heterocycles. The van der Waals surface area contributed by atoms with E-state index in [9.17, 15) is 9.90 Å². The van der Waals surface area contributed by atoms with Gasteiger partial charge < -0.3 is 14.7 Å². The van der Waals surface area contributed by atoms with Gasteiger partial charge in [-0.15, -0.1) is 11.8 Å². The molecule has 7 heteroatoms. The Balaban J connectivity index is 1.39. The molecule has 27 heavy (non-hydrogen) atoms. The average Bonchev–Trinajstić information content (AvgIpc) is 3.49. The summed E-state index contributed by atoms with van der Waals surface area (Å²) in [5, 5.41) is 14.9. The number of aliphatic hydroxyl groups is 1. The summed E-state index contributed by atoms with van der Waals surface area (Å²) in [6.07, 6.45) is 2.57. The Morgan fingerprint density at radius 2 is 2.22 bits per heavy atom. The summed E-state index contributed by atoms with van der Waals surface area (Å²) in [5.41, 5.74) is 1.77. The Labute approximate surface area is 163 Å². The van der Waals surface area contributed by atoms with Crippen LogP contribution in [0.25, 0.3) is 0 Å². The fourth-order valence-electron chi connectivity index (χ4n) is 3.42. The monoisotopic (exact) mass is 387 g/mol. The molecule has 1 fully saturated rings. The van der Waals surface area contributed by atoms with Crippen molar-refractivity contribution in [3.05, 3.63) is 41.7 Å². The molecule has 0 bridgehead atoms. The van der Waals surface area contributed by atoms with Crippen molar-refractivity contribution in [3.63, 3.8) is 0 Å². The van der Waals surface area contributed by atoms with Crippen LogP contribution in [0.2, 0.25) is 0 Å². The number of fused-ring (bicyclic) bond motifs is 1. The highest BCUT2D eigenvalue weighted by atomic mass is 32.2. The quantitative estimate of drug-likeness (QED) is 0.772. The molecule has 1 N–H and O–H groups in total. The van der Waals surface area contributed by atoms with E-state index in [2.05, 4.69) is 5.10 Å². The standard InChI is InChI=1S/C20H25N3O3S/c1-26-16-4-2-5-17(11-16)27-13-19(24)22-8-3-9-23-15(12-22)10-18(21-23)20(25)14-6-7-14/h2,4-5,10-11,14,20,25H,3,6-9,12-13H2,1H3/t20-/m1/s1. The van der Waals surface area contributed by atoms with Crippen molar-refractivity contribution in [2.75, 3.05) is 19.4 Å². The fraction of sp³-hybridized carbons (Fsp3) is 0.500. The molecule has 2 aromatic rings. The Hall–Kier alpha value is -1.99. The zero-order chi connectivity index (χ0) is 18.8. The molecule has 0 radical (unpaired) electrons. The zero-order valence-electron chi connectivity index (χ0n) is 15.5. The van der Waals surface area contributed by atoms with E-state index in [1.165, 1.54) is 11.8 Å². The molecular weight excluding hydrogens is 362 g/mol. The average molecular weight is 388 g/mol. The van der Waals surface area contributed by atoms with E-state index in [4.69, 9.17) is 4.74 Å². The minimum absolute atomic E-state index is 0.127. The first-order valence-corrected chi connectivity index (χ1v) is 10.4. The lowest BCUT2D eigenvalue weighted by Crippen LogP contribution is -2.32. The van der Waals surface area contributed by atoms with Crippen molar-refractivity contribution < 1.29 is 14.6 Å². The van der Waals surface area contributed by atoms with Crippen LogP contribution in [0, 0.1) is 5.92 Å². The van der Waals surface area contributed by atoms with Crippen LogP contribution in [-0.2, 0) is 17.9 Å². The first kappa shape index (κ1) is 18.4. The lowest BCUT2D eigenvalue weighted by atomic mass is 10.1. The summed E-state index contributed by atoms with van der Waals surface area (Å²) in [4.78, 5) is 15.7. The summed E-state index contributed by atoms with van der Waals surface area (Å²) in [5.74, 6) is 1.69. The number of thioether (sulfide) groups is 1. The second-order valence-electron chi connectivity index (χ2n) is 7.20. The highest BCUT2D eigenvalue weighted by Gasteiger charge is 2.33. The third-order valence-corrected chi connectivity index (χ3v) is 6.14. The molecule has 4 rings (SSSR count). The Kier molecular flexibility index (Phi) is 5.41. The normalized spacial score (nSPS) is 17.9. The van der Waals surface area contributed by atoms with Crippen molar-refractivity contribution in [1.29, 1.82) is 0 Å². The van der Waals surface area contributed by atoms with E-state index in [0.717, 1.165) is 54.4 Å². The van der Waals surface area contributed by atoms with Gasteiger partial charge in [-0.2, -0.15) is 5.10 Å². The molecule has 1 aromatic carbocycles. The smallest absolute Gasteiger partial charge is 0.233 e. The summed E-state index contributed by atoms with van der Waals surface area (Å²) < 4.78 is 7.20. The molecular formula is C20H25N3O3S. The molecule has 144 valence electrons. The molecule has 1 aliphatic carbocycles. The van der Waals surface area contributed by atoms with Crippen LogP contribution in [-0.4, -0.2) is 45.1 Å². The van der Waals surface area contributed by atoms with Gasteiger partial charge in [-0.1, -0.05) is 6.07 Å². The van der Waals surface area contributed by atoms with Crippen molar-refractivity contribution in [2.24, 2.45) is 5.92 Å². The third kappa shape index (κ3) is 4.30. The first-order valence-electron chi connectivity index (χ1n) is 9.43. The largest absolute Gasteiger partial charge is 0.497 e. The number of carbonyl (C=O) groups is 1. The topological polar surface area (TPSA) is 67.6 Å². The number of hydrogen-bond donors (Lipinski definition) is 1. The summed E-state index contributed by atoms with van der Waals surface area (Å²) in [7, 11) is 1.64. The molecule has 0 spiro atoms. The maximum absolute atomic E-state index is 12.7. The molecule has 2 aliphatic rings. The second-order valence-corrected chi connectivity index (χ2v) is 8.25. The molecule has 2 heterocycles. The maximum atomic E-state index is 12.7. The van der Waals surface area contributed by atoms with Crippen LogP contribution in [0.1, 0.15) is 36.8 Å². The fourth-order valence-corrected chi connectivity index (χ4v) is 4.27. The number of methoxy groups -OCH3 is 1. The number of amides is 1.